The number of aromatic nitrogens is 3. The Labute approximate surface area is 206 Å². The van der Waals surface area contributed by atoms with Crippen LogP contribution < -0.4 is 20.3 Å². The van der Waals surface area contributed by atoms with Crippen LogP contribution in [0.1, 0.15) is 61.3 Å². The van der Waals surface area contributed by atoms with Crippen molar-refractivity contribution in [3.63, 3.8) is 0 Å². The first kappa shape index (κ1) is 25.1. The molecule has 2 aromatic rings. The van der Waals surface area contributed by atoms with Crippen LogP contribution in [0.25, 0.3) is 0 Å². The summed E-state index contributed by atoms with van der Waals surface area (Å²) >= 11 is 0. The van der Waals surface area contributed by atoms with Gasteiger partial charge in [-0.1, -0.05) is 0 Å². The van der Waals surface area contributed by atoms with Gasteiger partial charge in [-0.25, -0.2) is 14.4 Å². The maximum atomic E-state index is 14.7. The first-order valence-electron chi connectivity index (χ1n) is 12.0. The van der Waals surface area contributed by atoms with Crippen LogP contribution >= 0.6 is 0 Å². The lowest BCUT2D eigenvalue weighted by Crippen LogP contribution is -2.61. The van der Waals surface area contributed by atoms with Crippen LogP contribution in [-0.2, 0) is 4.79 Å². The van der Waals surface area contributed by atoms with E-state index in [0.29, 0.717) is 23.8 Å². The summed E-state index contributed by atoms with van der Waals surface area (Å²) in [5.74, 6) is 0.708. The largest absolute Gasteiger partial charge is 0.474 e. The molecular weight excluding hydrogens is 449 g/mol. The van der Waals surface area contributed by atoms with Crippen molar-refractivity contribution in [1.82, 2.24) is 19.9 Å². The summed E-state index contributed by atoms with van der Waals surface area (Å²) in [5.41, 5.74) is -0.507. The number of halogens is 1. The predicted molar refractivity (Wildman–Crippen MR) is 135 cm³/mol. The monoisotopic (exact) mass is 485 g/mol. The van der Waals surface area contributed by atoms with Gasteiger partial charge >= 0.3 is 0 Å². The third kappa shape index (κ3) is 4.76. The molecular formula is C25H36FN7O2. The number of carbonyl (C=O) groups is 1. The number of fused-ring (bicyclic) bond motifs is 1. The minimum Gasteiger partial charge on any atom is -0.474 e. The molecule has 1 amide bonds. The number of anilines is 4. The third-order valence-electron chi connectivity index (χ3n) is 7.18. The molecule has 2 N–H and O–H groups in total. The Morgan fingerprint density at radius 3 is 2.40 bits per heavy atom. The maximum Gasteiger partial charge on any atom is 0.271 e. The van der Waals surface area contributed by atoms with E-state index in [9.17, 15) is 9.18 Å². The third-order valence-corrected chi connectivity index (χ3v) is 7.18. The minimum atomic E-state index is -0.998. The molecule has 0 aliphatic carbocycles. The molecule has 2 aromatic heterocycles. The molecule has 35 heavy (non-hydrogen) atoms. The van der Waals surface area contributed by atoms with Gasteiger partial charge < -0.3 is 15.4 Å². The van der Waals surface area contributed by atoms with E-state index in [1.807, 2.05) is 6.92 Å². The van der Waals surface area contributed by atoms with Crippen molar-refractivity contribution >= 4 is 29.2 Å². The second-order valence-electron chi connectivity index (χ2n) is 11.2. The van der Waals surface area contributed by atoms with Crippen molar-refractivity contribution in [3.8, 4) is 5.75 Å². The summed E-state index contributed by atoms with van der Waals surface area (Å²) in [5, 5.41) is 6.40. The highest BCUT2D eigenvalue weighted by atomic mass is 19.1. The Balaban J connectivity index is 1.55. The number of pyridine rings is 1. The predicted octanol–water partition coefficient (Wildman–Crippen LogP) is 4.34. The zero-order valence-corrected chi connectivity index (χ0v) is 21.9. The maximum absolute atomic E-state index is 14.7. The average Bonchev–Trinajstić information content (AvgIpc) is 2.75. The summed E-state index contributed by atoms with van der Waals surface area (Å²) in [6.45, 7) is 14.6. The van der Waals surface area contributed by atoms with E-state index in [0.717, 1.165) is 19.0 Å². The molecule has 0 aromatic carbocycles. The molecule has 2 aliphatic rings. The second kappa shape index (κ2) is 8.58. The summed E-state index contributed by atoms with van der Waals surface area (Å²) in [6, 6.07) is 1.81. The lowest BCUT2D eigenvalue weighted by molar-refractivity contribution is -0.132. The Morgan fingerprint density at radius 2 is 1.77 bits per heavy atom. The van der Waals surface area contributed by atoms with Crippen LogP contribution in [-0.4, -0.2) is 62.1 Å². The normalized spacial score (nSPS) is 21.3. The number of likely N-dealkylation sites (tertiary alicyclic amines) is 1. The summed E-state index contributed by atoms with van der Waals surface area (Å²) in [4.78, 5) is 29.5. The fourth-order valence-corrected chi connectivity index (χ4v) is 5.14. The molecule has 4 heterocycles. The molecule has 0 radical (unpaired) electrons. The van der Waals surface area contributed by atoms with Crippen LogP contribution in [0.4, 0.5) is 27.7 Å². The van der Waals surface area contributed by atoms with Gasteiger partial charge in [0.2, 0.25) is 5.95 Å². The van der Waals surface area contributed by atoms with Crippen molar-refractivity contribution in [1.29, 1.82) is 0 Å². The molecule has 1 fully saturated rings. The summed E-state index contributed by atoms with van der Waals surface area (Å²) < 4.78 is 20.6. The van der Waals surface area contributed by atoms with E-state index in [4.69, 9.17) is 4.74 Å². The molecule has 0 atom stereocenters. The molecule has 190 valence electrons. The van der Waals surface area contributed by atoms with E-state index in [2.05, 4.69) is 65.2 Å². The highest BCUT2D eigenvalue weighted by Gasteiger charge is 2.43. The first-order valence-corrected chi connectivity index (χ1v) is 12.0. The van der Waals surface area contributed by atoms with Crippen molar-refractivity contribution in [2.45, 2.75) is 84.0 Å². The topological polar surface area (TPSA) is 95.5 Å². The van der Waals surface area contributed by atoms with Crippen LogP contribution in [0, 0.1) is 5.82 Å². The molecule has 2 aliphatic heterocycles. The fourth-order valence-electron chi connectivity index (χ4n) is 5.14. The molecule has 4 rings (SSSR count). The summed E-state index contributed by atoms with van der Waals surface area (Å²) in [7, 11) is 2.14. The van der Waals surface area contributed by atoms with Crippen LogP contribution in [0.2, 0.25) is 0 Å². The van der Waals surface area contributed by atoms with E-state index in [-0.39, 0.29) is 34.8 Å². The van der Waals surface area contributed by atoms with Crippen molar-refractivity contribution in [3.05, 3.63) is 24.3 Å². The molecule has 0 spiro atoms. The number of nitrogens with zero attached hydrogens (tertiary/aromatic N) is 5. The van der Waals surface area contributed by atoms with E-state index < -0.39 is 11.4 Å². The molecule has 9 nitrogen and oxygen atoms in total. The lowest BCUT2D eigenvalue weighted by atomic mass is 9.77. The first-order chi connectivity index (χ1) is 16.2. The Kier molecular flexibility index (Phi) is 6.15. The van der Waals surface area contributed by atoms with Gasteiger partial charge in [-0.3, -0.25) is 14.6 Å². The molecule has 1 saturated heterocycles. The highest BCUT2D eigenvalue weighted by molar-refractivity contribution is 6.01. The number of rotatable bonds is 5. The van der Waals surface area contributed by atoms with Crippen LogP contribution in [0.3, 0.4) is 0 Å². The van der Waals surface area contributed by atoms with Gasteiger partial charge in [0.25, 0.3) is 5.91 Å². The van der Waals surface area contributed by atoms with E-state index >= 15 is 0 Å². The standard InChI is InChI=1S/C25H36FN7O2/c1-9-33-20-18(35-25(6,7)21(33)34)10-15(13-27-20)30-22-28-14-17(26)19(31-22)29-16-11-23(2,3)32(8)24(4,5)12-16/h10,13-14,16H,9,11-12H2,1-8H3,(H2,28,29,30,31). The highest BCUT2D eigenvalue weighted by Crippen LogP contribution is 2.39. The number of nitrogens with one attached hydrogen (secondary N) is 2. The number of ether oxygens (including phenoxy) is 1. The minimum absolute atomic E-state index is 0.0413. The van der Waals surface area contributed by atoms with Crippen LogP contribution in [0.5, 0.6) is 5.75 Å². The SMILES string of the molecule is CCN1C(=O)C(C)(C)Oc2cc(Nc3ncc(F)c(NC4CC(C)(C)N(C)C(C)(C)C4)n3)cnc21. The Hall–Kier alpha value is -3.01. The zero-order valence-electron chi connectivity index (χ0n) is 21.9. The number of amides is 1. The molecule has 0 unspecified atom stereocenters. The van der Waals surface area contributed by atoms with E-state index in [1.54, 1.807) is 31.0 Å². The molecule has 0 saturated carbocycles. The number of piperidine rings is 1. The van der Waals surface area contributed by atoms with Gasteiger partial charge in [-0.2, -0.15) is 4.98 Å². The fraction of sp³-hybridized carbons (Fsp3) is 0.600. The number of likely N-dealkylation sites (N-methyl/N-ethyl adjacent to an activating group) is 1. The van der Waals surface area contributed by atoms with Crippen molar-refractivity contribution in [2.75, 3.05) is 29.1 Å². The van der Waals surface area contributed by atoms with Gasteiger partial charge in [-0.15, -0.1) is 0 Å². The quantitative estimate of drug-likeness (QED) is 0.646. The number of hydrogen-bond donors (Lipinski definition) is 2. The number of hydrogen-bond acceptors (Lipinski definition) is 8. The smallest absolute Gasteiger partial charge is 0.271 e. The summed E-state index contributed by atoms with van der Waals surface area (Å²) in [6.07, 6.45) is 4.45. The second-order valence-corrected chi connectivity index (χ2v) is 11.2. The number of carbonyl (C=O) groups excluding carboxylic acids is 1. The van der Waals surface area contributed by atoms with Gasteiger partial charge in [0.1, 0.15) is 0 Å². The Bertz CT molecular complexity index is 1120. The van der Waals surface area contributed by atoms with Gasteiger partial charge in [0.15, 0.2) is 28.8 Å². The lowest BCUT2D eigenvalue weighted by Gasteiger charge is -2.53. The molecule has 10 heteroatoms. The van der Waals surface area contributed by atoms with Crippen molar-refractivity contribution in [2.24, 2.45) is 0 Å². The van der Waals surface area contributed by atoms with Gasteiger partial charge in [0, 0.05) is 29.7 Å². The van der Waals surface area contributed by atoms with Crippen LogP contribution in [0.15, 0.2) is 18.5 Å². The van der Waals surface area contributed by atoms with Gasteiger partial charge in [0.05, 0.1) is 18.1 Å². The van der Waals surface area contributed by atoms with Crippen molar-refractivity contribution < 1.29 is 13.9 Å². The average molecular weight is 486 g/mol. The van der Waals surface area contributed by atoms with E-state index in [1.165, 1.54) is 0 Å². The zero-order chi connectivity index (χ0) is 25.8. The van der Waals surface area contributed by atoms with Gasteiger partial charge in [-0.05, 0) is 68.4 Å². The molecule has 0 bridgehead atoms. The Morgan fingerprint density at radius 1 is 1.11 bits per heavy atom.